The summed E-state index contributed by atoms with van der Waals surface area (Å²) in [5.74, 6) is -0.903. The maximum atomic E-state index is 13.3. The molecule has 0 aliphatic carbocycles. The lowest BCUT2D eigenvalue weighted by Crippen LogP contribution is -2.12. The van der Waals surface area contributed by atoms with Crippen LogP contribution in [-0.2, 0) is 10.9 Å². The number of alkyl halides is 3. The Hall–Kier alpha value is -3.92. The molecule has 0 saturated carbocycles. The second-order valence-electron chi connectivity index (χ2n) is 6.87. The van der Waals surface area contributed by atoms with E-state index < -0.39 is 23.7 Å². The lowest BCUT2D eigenvalue weighted by atomic mass is 10.1. The predicted octanol–water partition coefficient (Wildman–Crippen LogP) is 5.66. The molecular formula is C23H16F3N3O3S. The minimum absolute atomic E-state index is 0.302. The van der Waals surface area contributed by atoms with E-state index in [0.29, 0.717) is 33.1 Å². The zero-order valence-electron chi connectivity index (χ0n) is 17.1. The number of anilines is 1. The van der Waals surface area contributed by atoms with Gasteiger partial charge in [0.2, 0.25) is 0 Å². The van der Waals surface area contributed by atoms with E-state index in [9.17, 15) is 22.8 Å². The summed E-state index contributed by atoms with van der Waals surface area (Å²) >= 11 is 1.30. The number of carbonyl (C=O) groups excluding carboxylic acids is 2. The van der Waals surface area contributed by atoms with E-state index in [1.807, 2.05) is 0 Å². The van der Waals surface area contributed by atoms with Gasteiger partial charge < -0.3 is 10.1 Å². The second-order valence-corrected chi connectivity index (χ2v) is 7.82. The van der Waals surface area contributed by atoms with Crippen molar-refractivity contribution in [2.75, 3.05) is 12.4 Å². The number of nitrogens with one attached hydrogen (secondary N) is 1. The molecule has 4 rings (SSSR count). The Labute approximate surface area is 190 Å². The van der Waals surface area contributed by atoms with Gasteiger partial charge >= 0.3 is 12.1 Å². The van der Waals surface area contributed by atoms with Crippen LogP contribution in [0, 0.1) is 0 Å². The molecule has 0 aliphatic rings. The Morgan fingerprint density at radius 2 is 1.67 bits per heavy atom. The van der Waals surface area contributed by atoms with Crippen LogP contribution in [0.15, 0.2) is 72.1 Å². The summed E-state index contributed by atoms with van der Waals surface area (Å²) in [6, 6.07) is 16.7. The number of aromatic nitrogens is 2. The van der Waals surface area contributed by atoms with Gasteiger partial charge in [0.1, 0.15) is 0 Å². The molecule has 0 bridgehead atoms. The topological polar surface area (TPSA) is 73.2 Å². The Kier molecular flexibility index (Phi) is 6.01. The minimum atomic E-state index is -4.58. The van der Waals surface area contributed by atoms with Crippen LogP contribution in [0.1, 0.15) is 26.4 Å². The third kappa shape index (κ3) is 4.80. The van der Waals surface area contributed by atoms with E-state index in [2.05, 4.69) is 15.2 Å². The maximum absolute atomic E-state index is 13.3. The number of hydrogen-bond acceptors (Lipinski definition) is 5. The number of carbonyl (C=O) groups is 2. The average molecular weight is 471 g/mol. The fourth-order valence-corrected chi connectivity index (χ4v) is 3.81. The maximum Gasteiger partial charge on any atom is 0.435 e. The van der Waals surface area contributed by atoms with Crippen LogP contribution in [0.2, 0.25) is 0 Å². The third-order valence-electron chi connectivity index (χ3n) is 4.71. The fourth-order valence-electron chi connectivity index (χ4n) is 3.08. The number of methoxy groups -OCH3 is 1. The van der Waals surface area contributed by atoms with Crippen LogP contribution >= 0.6 is 11.3 Å². The van der Waals surface area contributed by atoms with Crippen molar-refractivity contribution < 1.29 is 27.5 Å². The van der Waals surface area contributed by atoms with Crippen molar-refractivity contribution >= 4 is 28.9 Å². The number of amides is 1. The smallest absolute Gasteiger partial charge is 0.435 e. The first kappa shape index (κ1) is 22.3. The lowest BCUT2D eigenvalue weighted by Gasteiger charge is -2.09. The SMILES string of the molecule is COC(=O)c1ccc(NC(=O)c2ccc(-n3nc(C(F)(F)F)cc3-c3cccs3)cc2)cc1. The van der Waals surface area contributed by atoms with Gasteiger partial charge in [-0.25, -0.2) is 9.48 Å². The highest BCUT2D eigenvalue weighted by Gasteiger charge is 2.35. The Morgan fingerprint density at radius 3 is 2.24 bits per heavy atom. The van der Waals surface area contributed by atoms with Crippen LogP contribution in [0.25, 0.3) is 16.3 Å². The van der Waals surface area contributed by atoms with Crippen LogP contribution in [0.5, 0.6) is 0 Å². The van der Waals surface area contributed by atoms with Gasteiger partial charge in [-0.05, 0) is 66.0 Å². The molecule has 1 amide bonds. The summed E-state index contributed by atoms with van der Waals surface area (Å²) in [5.41, 5.74) is 0.811. The van der Waals surface area contributed by atoms with Gasteiger partial charge in [0.05, 0.1) is 28.9 Å². The molecule has 0 spiro atoms. The number of thiophene rings is 1. The molecule has 2 aromatic carbocycles. The molecule has 0 radical (unpaired) electrons. The highest BCUT2D eigenvalue weighted by atomic mass is 32.1. The number of hydrogen-bond donors (Lipinski definition) is 1. The van der Waals surface area contributed by atoms with Gasteiger partial charge in [0.25, 0.3) is 5.91 Å². The molecule has 168 valence electrons. The zero-order valence-corrected chi connectivity index (χ0v) is 17.9. The Morgan fingerprint density at radius 1 is 1.00 bits per heavy atom. The highest BCUT2D eigenvalue weighted by molar-refractivity contribution is 7.13. The molecule has 10 heteroatoms. The Bertz CT molecular complexity index is 1280. The standard InChI is InChI=1S/C23H16F3N3O3S/c1-32-22(31)15-4-8-16(9-5-15)27-21(30)14-6-10-17(11-7-14)29-18(19-3-2-12-33-19)13-20(28-29)23(24,25)26/h2-13H,1H3,(H,27,30). The van der Waals surface area contributed by atoms with Gasteiger partial charge in [-0.1, -0.05) is 6.07 Å². The van der Waals surface area contributed by atoms with E-state index in [4.69, 9.17) is 0 Å². The van der Waals surface area contributed by atoms with E-state index in [0.717, 1.165) is 6.07 Å². The summed E-state index contributed by atoms with van der Waals surface area (Å²) in [4.78, 5) is 24.7. The summed E-state index contributed by atoms with van der Waals surface area (Å²) < 4.78 is 45.6. The molecule has 0 aliphatic heterocycles. The van der Waals surface area contributed by atoms with Crippen molar-refractivity contribution in [2.24, 2.45) is 0 Å². The van der Waals surface area contributed by atoms with Crippen molar-refractivity contribution in [3.05, 3.63) is 88.9 Å². The second kappa shape index (κ2) is 8.91. The fraction of sp³-hybridized carbons (Fsp3) is 0.0870. The zero-order chi connectivity index (χ0) is 23.6. The van der Waals surface area contributed by atoms with Crippen molar-refractivity contribution in [2.45, 2.75) is 6.18 Å². The number of nitrogens with zero attached hydrogens (tertiary/aromatic N) is 2. The molecule has 0 saturated heterocycles. The summed E-state index contributed by atoms with van der Waals surface area (Å²) in [6.45, 7) is 0. The number of esters is 1. The van der Waals surface area contributed by atoms with Gasteiger partial charge in [-0.15, -0.1) is 11.3 Å². The van der Waals surface area contributed by atoms with Gasteiger partial charge in [0, 0.05) is 11.3 Å². The quantitative estimate of drug-likeness (QED) is 0.381. The van der Waals surface area contributed by atoms with Crippen molar-refractivity contribution in [3.63, 3.8) is 0 Å². The Balaban J connectivity index is 1.57. The molecule has 4 aromatic rings. The molecule has 0 fully saturated rings. The van der Waals surface area contributed by atoms with E-state index >= 15 is 0 Å². The monoisotopic (exact) mass is 471 g/mol. The highest BCUT2D eigenvalue weighted by Crippen LogP contribution is 2.34. The molecule has 6 nitrogen and oxygen atoms in total. The first-order chi connectivity index (χ1) is 15.8. The minimum Gasteiger partial charge on any atom is -0.465 e. The molecule has 1 N–H and O–H groups in total. The van der Waals surface area contributed by atoms with Gasteiger partial charge in [0.15, 0.2) is 5.69 Å². The van der Waals surface area contributed by atoms with E-state index in [-0.39, 0.29) is 0 Å². The van der Waals surface area contributed by atoms with Crippen molar-refractivity contribution in [1.82, 2.24) is 9.78 Å². The first-order valence-corrected chi connectivity index (χ1v) is 10.5. The normalized spacial score (nSPS) is 11.3. The predicted molar refractivity (Wildman–Crippen MR) is 118 cm³/mol. The lowest BCUT2D eigenvalue weighted by molar-refractivity contribution is -0.141. The summed E-state index contributed by atoms with van der Waals surface area (Å²) in [6.07, 6.45) is -4.58. The summed E-state index contributed by atoms with van der Waals surface area (Å²) in [7, 11) is 1.28. The first-order valence-electron chi connectivity index (χ1n) is 9.57. The number of ether oxygens (including phenoxy) is 1. The van der Waals surface area contributed by atoms with Crippen LogP contribution in [0.3, 0.4) is 0 Å². The van der Waals surface area contributed by atoms with Crippen LogP contribution in [0.4, 0.5) is 18.9 Å². The number of benzene rings is 2. The summed E-state index contributed by atoms with van der Waals surface area (Å²) in [5, 5.41) is 8.21. The van der Waals surface area contributed by atoms with Crippen LogP contribution < -0.4 is 5.32 Å². The van der Waals surface area contributed by atoms with E-state index in [1.165, 1.54) is 59.5 Å². The molecule has 2 aromatic heterocycles. The molecule has 2 heterocycles. The third-order valence-corrected chi connectivity index (χ3v) is 5.60. The molecule has 0 unspecified atom stereocenters. The number of halogens is 3. The van der Waals surface area contributed by atoms with E-state index in [1.54, 1.807) is 29.6 Å². The molecule has 33 heavy (non-hydrogen) atoms. The molecule has 0 atom stereocenters. The number of rotatable bonds is 5. The average Bonchev–Trinajstić information content (AvgIpc) is 3.49. The van der Waals surface area contributed by atoms with Crippen molar-refractivity contribution in [1.29, 1.82) is 0 Å². The largest absolute Gasteiger partial charge is 0.465 e. The van der Waals surface area contributed by atoms with Gasteiger partial charge in [-0.2, -0.15) is 18.3 Å². The van der Waals surface area contributed by atoms with Gasteiger partial charge in [-0.3, -0.25) is 4.79 Å². The molecular weight excluding hydrogens is 455 g/mol. The van der Waals surface area contributed by atoms with Crippen molar-refractivity contribution in [3.8, 4) is 16.3 Å². The van der Waals surface area contributed by atoms with Crippen LogP contribution in [-0.4, -0.2) is 28.8 Å².